The molecule has 0 aliphatic heterocycles. The van der Waals surface area contributed by atoms with Gasteiger partial charge in [-0.3, -0.25) is 4.79 Å². The summed E-state index contributed by atoms with van der Waals surface area (Å²) < 4.78 is 5.61. The Hall–Kier alpha value is -2.85. The van der Waals surface area contributed by atoms with Crippen LogP contribution in [0.1, 0.15) is 42.3 Å². The summed E-state index contributed by atoms with van der Waals surface area (Å²) in [6.07, 6.45) is 3.46. The second-order valence-corrected chi connectivity index (χ2v) is 6.55. The van der Waals surface area contributed by atoms with Gasteiger partial charge in [0.25, 0.3) is 5.91 Å². The largest absolute Gasteiger partial charge is 0.463 e. The first-order valence-corrected chi connectivity index (χ1v) is 9.55. The molecule has 1 amide bonds. The van der Waals surface area contributed by atoms with Crippen LogP contribution in [0.4, 0.5) is 5.69 Å². The maximum atomic E-state index is 12.7. The Morgan fingerprint density at radius 3 is 2.26 bits per heavy atom. The fourth-order valence-corrected chi connectivity index (χ4v) is 3.36. The Balaban J connectivity index is 1.72. The van der Waals surface area contributed by atoms with Gasteiger partial charge < -0.3 is 15.1 Å². The van der Waals surface area contributed by atoms with Gasteiger partial charge in [-0.05, 0) is 36.1 Å². The minimum absolute atomic E-state index is 0.00177. The van der Waals surface area contributed by atoms with Crippen LogP contribution < -0.4 is 10.6 Å². The molecule has 0 spiro atoms. The fraction of sp³-hybridized carbons (Fsp3) is 0.261. The molecule has 140 valence electrons. The topological polar surface area (TPSA) is 58.9 Å². The summed E-state index contributed by atoms with van der Waals surface area (Å²) in [6.45, 7) is 4.54. The molecule has 0 bridgehead atoms. The van der Waals surface area contributed by atoms with Crippen molar-refractivity contribution in [3.8, 4) is 0 Å². The minimum atomic E-state index is -0.0426. The second kappa shape index (κ2) is 9.19. The number of hydrogen-bond acceptors (Lipinski definition) is 2. The highest BCUT2D eigenvalue weighted by molar-refractivity contribution is 5.93. The third kappa shape index (κ3) is 4.66. The van der Waals surface area contributed by atoms with Crippen molar-refractivity contribution >= 4 is 11.6 Å². The predicted molar refractivity (Wildman–Crippen MR) is 108 cm³/mol. The summed E-state index contributed by atoms with van der Waals surface area (Å²) in [7, 11) is 0. The van der Waals surface area contributed by atoms with E-state index < -0.39 is 0 Å². The van der Waals surface area contributed by atoms with Gasteiger partial charge in [0.05, 0.1) is 6.26 Å². The average Bonchev–Trinajstić information content (AvgIpc) is 3.23. The van der Waals surface area contributed by atoms with Crippen LogP contribution in [0.5, 0.6) is 0 Å². The van der Waals surface area contributed by atoms with E-state index in [2.05, 4.69) is 49.5 Å². The zero-order valence-corrected chi connectivity index (χ0v) is 15.9. The van der Waals surface area contributed by atoms with Gasteiger partial charge in [0, 0.05) is 11.3 Å². The summed E-state index contributed by atoms with van der Waals surface area (Å²) in [5, 5.41) is 5.15. The smallest absolute Gasteiger partial charge is 0.279 e. The summed E-state index contributed by atoms with van der Waals surface area (Å²) in [5.41, 5.74) is 4.43. The number of amides is 1. The normalized spacial score (nSPS) is 11.9. The first-order valence-electron chi connectivity index (χ1n) is 9.55. The molecule has 3 aromatic rings. The van der Waals surface area contributed by atoms with Crippen molar-refractivity contribution in [3.63, 3.8) is 0 Å². The quantitative estimate of drug-likeness (QED) is 0.641. The van der Waals surface area contributed by atoms with Gasteiger partial charge in [0.15, 0.2) is 18.3 Å². The molecule has 3 rings (SSSR count). The number of quaternary nitrogens is 1. The maximum Gasteiger partial charge on any atom is 0.279 e. The van der Waals surface area contributed by atoms with Crippen LogP contribution >= 0.6 is 0 Å². The van der Waals surface area contributed by atoms with Crippen LogP contribution in [-0.4, -0.2) is 12.5 Å². The van der Waals surface area contributed by atoms with E-state index in [1.165, 1.54) is 11.1 Å². The first kappa shape index (κ1) is 18.9. The summed E-state index contributed by atoms with van der Waals surface area (Å²) in [6, 6.07) is 20.1. The fourth-order valence-electron chi connectivity index (χ4n) is 3.36. The highest BCUT2D eigenvalue weighted by Crippen LogP contribution is 2.22. The lowest BCUT2D eigenvalue weighted by Crippen LogP contribution is -2.87. The van der Waals surface area contributed by atoms with Crippen LogP contribution in [0.15, 0.2) is 71.3 Å². The molecule has 1 heterocycles. The zero-order chi connectivity index (χ0) is 19.1. The SMILES string of the molecule is CCc1cccc(CC)c1NC(=O)C[NH2+][C@H](c1ccccc1)c1ccco1. The Morgan fingerprint density at radius 2 is 1.67 bits per heavy atom. The highest BCUT2D eigenvalue weighted by atomic mass is 16.3. The van der Waals surface area contributed by atoms with Gasteiger partial charge in [-0.2, -0.15) is 0 Å². The van der Waals surface area contributed by atoms with E-state index in [0.717, 1.165) is 29.9 Å². The molecular weight excluding hydrogens is 336 g/mol. The molecule has 0 aliphatic rings. The molecule has 4 heteroatoms. The summed E-state index contributed by atoms with van der Waals surface area (Å²) in [5.74, 6) is 0.843. The molecule has 0 saturated carbocycles. The number of benzene rings is 2. The van der Waals surface area contributed by atoms with E-state index in [0.29, 0.717) is 6.54 Å². The van der Waals surface area contributed by atoms with Crippen LogP contribution in [0.3, 0.4) is 0 Å². The number of furan rings is 1. The molecule has 1 atom stereocenters. The van der Waals surface area contributed by atoms with E-state index in [-0.39, 0.29) is 11.9 Å². The molecular formula is C23H27N2O2+. The van der Waals surface area contributed by atoms with E-state index >= 15 is 0 Å². The van der Waals surface area contributed by atoms with Crippen molar-refractivity contribution in [3.05, 3.63) is 89.4 Å². The number of carbonyl (C=O) groups excluding carboxylic acids is 1. The van der Waals surface area contributed by atoms with Crippen LogP contribution in [-0.2, 0) is 17.6 Å². The van der Waals surface area contributed by atoms with E-state index in [9.17, 15) is 4.79 Å². The highest BCUT2D eigenvalue weighted by Gasteiger charge is 2.22. The molecule has 1 aromatic heterocycles. The number of nitrogens with two attached hydrogens (primary N) is 1. The zero-order valence-electron chi connectivity index (χ0n) is 15.9. The van der Waals surface area contributed by atoms with Crippen molar-refractivity contribution in [2.75, 3.05) is 11.9 Å². The van der Waals surface area contributed by atoms with Crippen LogP contribution in [0, 0.1) is 0 Å². The molecule has 3 N–H and O–H groups in total. The van der Waals surface area contributed by atoms with Gasteiger partial charge in [-0.1, -0.05) is 62.4 Å². The number of nitrogens with one attached hydrogen (secondary N) is 1. The number of anilines is 1. The predicted octanol–water partition coefficient (Wildman–Crippen LogP) is 3.70. The Bertz CT molecular complexity index is 835. The molecule has 0 saturated heterocycles. The number of aryl methyl sites for hydroxylation is 2. The van der Waals surface area contributed by atoms with Crippen molar-refractivity contribution in [2.45, 2.75) is 32.7 Å². The lowest BCUT2D eigenvalue weighted by Gasteiger charge is -2.16. The van der Waals surface area contributed by atoms with Crippen molar-refractivity contribution in [2.24, 2.45) is 0 Å². The maximum absolute atomic E-state index is 12.7. The number of para-hydroxylation sites is 1. The lowest BCUT2D eigenvalue weighted by atomic mass is 10.0. The van der Waals surface area contributed by atoms with Gasteiger partial charge in [-0.25, -0.2) is 0 Å². The monoisotopic (exact) mass is 363 g/mol. The number of rotatable bonds is 8. The lowest BCUT2D eigenvalue weighted by molar-refractivity contribution is -0.678. The molecule has 0 aliphatic carbocycles. The van der Waals surface area contributed by atoms with Crippen molar-refractivity contribution in [1.29, 1.82) is 0 Å². The summed E-state index contributed by atoms with van der Waals surface area (Å²) in [4.78, 5) is 12.7. The summed E-state index contributed by atoms with van der Waals surface area (Å²) >= 11 is 0. The van der Waals surface area contributed by atoms with E-state index in [1.807, 2.05) is 35.6 Å². The third-order valence-electron chi connectivity index (χ3n) is 4.81. The molecule has 2 aromatic carbocycles. The van der Waals surface area contributed by atoms with Crippen molar-refractivity contribution < 1.29 is 14.5 Å². The van der Waals surface area contributed by atoms with Crippen molar-refractivity contribution in [1.82, 2.24) is 0 Å². The van der Waals surface area contributed by atoms with E-state index in [4.69, 9.17) is 4.42 Å². The van der Waals surface area contributed by atoms with Crippen LogP contribution in [0.25, 0.3) is 0 Å². The Labute approximate surface area is 160 Å². The number of carbonyl (C=O) groups is 1. The van der Waals surface area contributed by atoms with E-state index in [1.54, 1.807) is 6.26 Å². The van der Waals surface area contributed by atoms with Gasteiger partial charge in [-0.15, -0.1) is 0 Å². The molecule has 0 unspecified atom stereocenters. The van der Waals surface area contributed by atoms with Gasteiger partial charge in [0.2, 0.25) is 0 Å². The molecule has 0 fully saturated rings. The minimum Gasteiger partial charge on any atom is -0.463 e. The number of hydrogen-bond donors (Lipinski definition) is 2. The first-order chi connectivity index (χ1) is 13.2. The second-order valence-electron chi connectivity index (χ2n) is 6.55. The average molecular weight is 363 g/mol. The Morgan fingerprint density at radius 1 is 0.963 bits per heavy atom. The van der Waals surface area contributed by atoms with Crippen LogP contribution in [0.2, 0.25) is 0 Å². The Kier molecular flexibility index (Phi) is 6.44. The van der Waals surface area contributed by atoms with Gasteiger partial charge >= 0.3 is 0 Å². The molecule has 4 nitrogen and oxygen atoms in total. The van der Waals surface area contributed by atoms with Gasteiger partial charge in [0.1, 0.15) is 0 Å². The molecule has 0 radical (unpaired) electrons. The third-order valence-corrected chi connectivity index (χ3v) is 4.81. The standard InChI is InChI=1S/C23H26N2O2/c1-3-17-12-8-13-18(4-2)22(17)25-21(26)16-24-23(20-14-9-15-27-20)19-10-6-5-7-11-19/h5-15,23-24H,3-4,16H2,1-2H3,(H,25,26)/p+1/t23-/m1/s1. The molecule has 27 heavy (non-hydrogen) atoms.